The molecule has 2 aromatic carbocycles. The first-order valence-corrected chi connectivity index (χ1v) is 10.4. The number of hydrogen-bond acceptors (Lipinski definition) is 3. The van der Waals surface area contributed by atoms with Gasteiger partial charge in [-0.3, -0.25) is 14.5 Å². The largest absolute Gasteiger partial charge is 0.355 e. The lowest BCUT2D eigenvalue weighted by Crippen LogP contribution is -2.39. The Balaban J connectivity index is 1.65. The summed E-state index contributed by atoms with van der Waals surface area (Å²) in [6.07, 6.45) is 2.53. The summed E-state index contributed by atoms with van der Waals surface area (Å²) in [7, 11) is 1.45. The molecule has 0 fully saturated rings. The number of carbonyl (C=O) groups excluding carboxylic acids is 2. The molecule has 164 valence electrons. The number of nitrogens with zero attached hydrogens (tertiary/aromatic N) is 2. The Morgan fingerprint density at radius 3 is 2.59 bits per heavy atom. The molecule has 32 heavy (non-hydrogen) atoms. The Bertz CT molecular complexity index is 1240. The van der Waals surface area contributed by atoms with Gasteiger partial charge >= 0.3 is 0 Å². The summed E-state index contributed by atoms with van der Waals surface area (Å²) in [5, 5.41) is 2.41. The van der Waals surface area contributed by atoms with Crippen LogP contribution in [0.25, 0.3) is 0 Å². The molecular weight excluding hydrogens is 412 g/mol. The minimum atomic E-state index is -0.597. The van der Waals surface area contributed by atoms with Gasteiger partial charge in [0.2, 0.25) is 0 Å². The van der Waals surface area contributed by atoms with E-state index in [0.717, 1.165) is 16.7 Å². The first-order valence-electron chi connectivity index (χ1n) is 10.4. The van der Waals surface area contributed by atoms with E-state index in [0.29, 0.717) is 36.1 Å². The minimum Gasteiger partial charge on any atom is -0.355 e. The standard InChI is InChI=1S/C25H23F2N3O2/c1-14-8-22(27)23(29-13-14)30-7-6-17-9-15(2)18(12-20(17)25(30)32)10-16-4-5-19(21(26)11-16)24(31)28-3/h4-5,8-9,11-13H,6-7,10H2,1-3H3,(H,28,31). The van der Waals surface area contributed by atoms with Gasteiger partial charge in [-0.2, -0.15) is 0 Å². The van der Waals surface area contributed by atoms with Crippen molar-refractivity contribution in [2.75, 3.05) is 18.5 Å². The molecule has 5 nitrogen and oxygen atoms in total. The van der Waals surface area contributed by atoms with Crippen LogP contribution in [0, 0.1) is 25.5 Å². The molecule has 3 aromatic rings. The van der Waals surface area contributed by atoms with Crippen LogP contribution in [-0.2, 0) is 12.8 Å². The van der Waals surface area contributed by atoms with Crippen LogP contribution in [0.5, 0.6) is 0 Å². The van der Waals surface area contributed by atoms with Gasteiger partial charge < -0.3 is 5.32 Å². The zero-order chi connectivity index (χ0) is 23.0. The summed E-state index contributed by atoms with van der Waals surface area (Å²) in [5.74, 6) is -1.88. The lowest BCUT2D eigenvalue weighted by atomic mass is 9.90. The van der Waals surface area contributed by atoms with Crippen LogP contribution in [0.3, 0.4) is 0 Å². The summed E-state index contributed by atoms with van der Waals surface area (Å²) in [4.78, 5) is 30.4. The number of aromatic nitrogens is 1. The molecule has 0 saturated heterocycles. The molecule has 0 spiro atoms. The highest BCUT2D eigenvalue weighted by molar-refractivity contribution is 6.08. The molecule has 1 N–H and O–H groups in total. The third-order valence-electron chi connectivity index (χ3n) is 5.76. The Labute approximate surface area is 185 Å². The smallest absolute Gasteiger partial charge is 0.259 e. The maximum atomic E-state index is 14.4. The van der Waals surface area contributed by atoms with Crippen molar-refractivity contribution in [3.63, 3.8) is 0 Å². The van der Waals surface area contributed by atoms with Crippen molar-refractivity contribution in [2.24, 2.45) is 0 Å². The molecule has 2 amide bonds. The van der Waals surface area contributed by atoms with Crippen molar-refractivity contribution in [1.29, 1.82) is 0 Å². The van der Waals surface area contributed by atoms with E-state index in [1.165, 1.54) is 30.1 Å². The second-order valence-corrected chi connectivity index (χ2v) is 8.03. The monoisotopic (exact) mass is 435 g/mol. The van der Waals surface area contributed by atoms with Gasteiger partial charge in [-0.05, 0) is 78.8 Å². The number of benzene rings is 2. The van der Waals surface area contributed by atoms with Gasteiger partial charge in [0.1, 0.15) is 5.82 Å². The summed E-state index contributed by atoms with van der Waals surface area (Å²) in [6, 6.07) is 9.62. The van der Waals surface area contributed by atoms with Crippen molar-refractivity contribution >= 4 is 17.6 Å². The van der Waals surface area contributed by atoms with E-state index in [2.05, 4.69) is 10.3 Å². The Kier molecular flexibility index (Phi) is 5.74. The van der Waals surface area contributed by atoms with E-state index >= 15 is 0 Å². The quantitative estimate of drug-likeness (QED) is 0.670. The van der Waals surface area contributed by atoms with Crippen molar-refractivity contribution in [1.82, 2.24) is 10.3 Å². The molecule has 0 aliphatic carbocycles. The van der Waals surface area contributed by atoms with E-state index in [4.69, 9.17) is 0 Å². The SMILES string of the molecule is CNC(=O)c1ccc(Cc2cc3c(cc2C)CCN(c2ncc(C)cc2F)C3=O)cc1F. The van der Waals surface area contributed by atoms with Gasteiger partial charge in [0.05, 0.1) is 5.56 Å². The number of amides is 2. The van der Waals surface area contributed by atoms with Crippen LogP contribution >= 0.6 is 0 Å². The molecule has 1 aliphatic rings. The fourth-order valence-electron chi connectivity index (χ4n) is 4.02. The Hall–Kier alpha value is -3.61. The number of halogens is 2. The molecule has 4 rings (SSSR count). The molecule has 2 heterocycles. The van der Waals surface area contributed by atoms with Crippen molar-refractivity contribution in [3.8, 4) is 0 Å². The fraction of sp³-hybridized carbons (Fsp3) is 0.240. The van der Waals surface area contributed by atoms with E-state index < -0.39 is 17.5 Å². The summed E-state index contributed by atoms with van der Waals surface area (Å²) < 4.78 is 28.8. The van der Waals surface area contributed by atoms with Crippen LogP contribution in [-0.4, -0.2) is 30.4 Å². The molecular formula is C25H23F2N3O2. The van der Waals surface area contributed by atoms with Crippen LogP contribution in [0.4, 0.5) is 14.6 Å². The van der Waals surface area contributed by atoms with E-state index in [1.807, 2.05) is 13.0 Å². The average Bonchev–Trinajstić information content (AvgIpc) is 2.75. The molecule has 0 bridgehead atoms. The number of fused-ring (bicyclic) bond motifs is 1. The predicted molar refractivity (Wildman–Crippen MR) is 118 cm³/mol. The van der Waals surface area contributed by atoms with Crippen LogP contribution in [0.2, 0.25) is 0 Å². The van der Waals surface area contributed by atoms with Gasteiger partial charge in [0.15, 0.2) is 11.6 Å². The van der Waals surface area contributed by atoms with Crippen molar-refractivity contribution in [3.05, 3.63) is 93.2 Å². The highest BCUT2D eigenvalue weighted by atomic mass is 19.1. The molecule has 1 aromatic heterocycles. The normalized spacial score (nSPS) is 13.2. The summed E-state index contributed by atoms with van der Waals surface area (Å²) >= 11 is 0. The second-order valence-electron chi connectivity index (χ2n) is 8.03. The van der Waals surface area contributed by atoms with E-state index in [1.54, 1.807) is 25.3 Å². The first kappa shape index (κ1) is 21.6. The number of rotatable bonds is 4. The highest BCUT2D eigenvalue weighted by Gasteiger charge is 2.29. The summed E-state index contributed by atoms with van der Waals surface area (Å²) in [6.45, 7) is 4.04. The van der Waals surface area contributed by atoms with Gasteiger partial charge in [-0.15, -0.1) is 0 Å². The number of carbonyl (C=O) groups is 2. The maximum absolute atomic E-state index is 14.4. The van der Waals surface area contributed by atoms with Gasteiger partial charge in [-0.1, -0.05) is 12.1 Å². The molecule has 0 saturated carbocycles. The van der Waals surface area contributed by atoms with Crippen LogP contribution in [0.1, 0.15) is 48.5 Å². The predicted octanol–water partition coefficient (Wildman–Crippen LogP) is 4.13. The minimum absolute atomic E-state index is 0.0168. The van der Waals surface area contributed by atoms with Crippen LogP contribution < -0.4 is 10.2 Å². The highest BCUT2D eigenvalue weighted by Crippen LogP contribution is 2.28. The number of hydrogen-bond donors (Lipinski definition) is 1. The number of pyridine rings is 1. The molecule has 1 aliphatic heterocycles. The average molecular weight is 435 g/mol. The lowest BCUT2D eigenvalue weighted by molar-refractivity contribution is 0.0956. The maximum Gasteiger partial charge on any atom is 0.259 e. The van der Waals surface area contributed by atoms with Gasteiger partial charge in [0, 0.05) is 25.4 Å². The number of aryl methyl sites for hydroxylation is 2. The van der Waals surface area contributed by atoms with Crippen LogP contribution in [0.15, 0.2) is 42.6 Å². The van der Waals surface area contributed by atoms with E-state index in [9.17, 15) is 18.4 Å². The van der Waals surface area contributed by atoms with Crippen molar-refractivity contribution < 1.29 is 18.4 Å². The first-order chi connectivity index (χ1) is 15.3. The molecule has 0 radical (unpaired) electrons. The Morgan fingerprint density at radius 2 is 1.91 bits per heavy atom. The van der Waals surface area contributed by atoms with Crippen molar-refractivity contribution in [2.45, 2.75) is 26.7 Å². The number of anilines is 1. The molecule has 0 atom stereocenters. The zero-order valence-electron chi connectivity index (χ0n) is 18.1. The molecule has 0 unspecified atom stereocenters. The number of nitrogens with one attached hydrogen (secondary N) is 1. The summed E-state index contributed by atoms with van der Waals surface area (Å²) in [5.41, 5.74) is 4.61. The van der Waals surface area contributed by atoms with E-state index in [-0.39, 0.29) is 17.3 Å². The lowest BCUT2D eigenvalue weighted by Gasteiger charge is -2.29. The third-order valence-corrected chi connectivity index (χ3v) is 5.76. The van der Waals surface area contributed by atoms with Gasteiger partial charge in [0.25, 0.3) is 11.8 Å². The topological polar surface area (TPSA) is 62.3 Å². The third kappa shape index (κ3) is 3.98. The van der Waals surface area contributed by atoms with Gasteiger partial charge in [-0.25, -0.2) is 13.8 Å². The molecule has 7 heteroatoms. The Morgan fingerprint density at radius 1 is 1.12 bits per heavy atom. The fourth-order valence-corrected chi connectivity index (χ4v) is 4.02. The zero-order valence-corrected chi connectivity index (χ0v) is 18.1. The second kappa shape index (κ2) is 8.49.